The van der Waals surface area contributed by atoms with Gasteiger partial charge in [0.1, 0.15) is 0 Å². The van der Waals surface area contributed by atoms with E-state index < -0.39 is 11.6 Å². The normalized spacial score (nSPS) is 16.5. The number of aliphatic hydroxyl groups is 1. The number of piperidine rings is 1. The monoisotopic (exact) mass is 594 g/mol. The molecule has 0 aliphatic carbocycles. The van der Waals surface area contributed by atoms with Gasteiger partial charge in [-0.1, -0.05) is 139 Å². The summed E-state index contributed by atoms with van der Waals surface area (Å²) in [6.45, 7) is 0.855. The van der Waals surface area contributed by atoms with Crippen LogP contribution >= 0.6 is 11.6 Å². The Morgan fingerprint density at radius 1 is 0.682 bits per heavy atom. The molecule has 44 heavy (non-hydrogen) atoms. The average molecular weight is 595 g/mol. The lowest BCUT2D eigenvalue weighted by Gasteiger charge is -2.52. The van der Waals surface area contributed by atoms with Crippen molar-refractivity contribution in [1.82, 2.24) is 9.88 Å². The third-order valence-corrected chi connectivity index (χ3v) is 9.38. The van der Waals surface area contributed by atoms with E-state index in [1.807, 2.05) is 42.5 Å². The molecule has 218 valence electrons. The molecule has 2 heterocycles. The number of fused-ring (bicyclic) bond motifs is 1. The third-order valence-electron chi connectivity index (χ3n) is 9.13. The van der Waals surface area contributed by atoms with Gasteiger partial charge in [-0.15, -0.1) is 0 Å². The standard InChI is InChI=1S/C40H35ClN2O/c41-33-25-23-29(24-26-33)37-28-35(34-20-10-11-21-36(34)42-37)39(44)38-22-12-13-27-43(38)40(30-14-4-1-5-15-30,31-16-6-2-7-17-31)32-18-8-3-9-19-32/h1-11,14-21,23-26,28,38-39,44H,12-13,22,27H2/t38?,39-/m0/s1. The van der Waals surface area contributed by atoms with Gasteiger partial charge in [0.15, 0.2) is 0 Å². The molecule has 1 aliphatic heterocycles. The molecule has 0 amide bonds. The van der Waals surface area contributed by atoms with Gasteiger partial charge in [-0.3, -0.25) is 4.90 Å². The second kappa shape index (κ2) is 12.4. The van der Waals surface area contributed by atoms with Crippen molar-refractivity contribution in [3.8, 4) is 11.3 Å². The minimum Gasteiger partial charge on any atom is -0.387 e. The van der Waals surface area contributed by atoms with Crippen LogP contribution in [0.3, 0.4) is 0 Å². The molecule has 1 fully saturated rings. The molecule has 1 aliphatic rings. The number of pyridine rings is 1. The summed E-state index contributed by atoms with van der Waals surface area (Å²) in [6.07, 6.45) is 2.25. The van der Waals surface area contributed by atoms with Crippen molar-refractivity contribution < 1.29 is 5.11 Å². The number of rotatable bonds is 7. The molecule has 4 heteroatoms. The number of likely N-dealkylation sites (tertiary alicyclic amines) is 1. The zero-order valence-electron chi connectivity index (χ0n) is 24.6. The summed E-state index contributed by atoms with van der Waals surface area (Å²) in [5, 5.41) is 14.3. The molecule has 5 aromatic carbocycles. The van der Waals surface area contributed by atoms with Gasteiger partial charge in [0.2, 0.25) is 0 Å². The largest absolute Gasteiger partial charge is 0.387 e. The Morgan fingerprint density at radius 2 is 1.23 bits per heavy atom. The van der Waals surface area contributed by atoms with Crippen molar-refractivity contribution in [2.45, 2.75) is 36.9 Å². The predicted molar refractivity (Wildman–Crippen MR) is 181 cm³/mol. The summed E-state index contributed by atoms with van der Waals surface area (Å²) in [6, 6.07) is 50.2. The lowest BCUT2D eigenvalue weighted by atomic mass is 9.73. The van der Waals surface area contributed by atoms with Crippen molar-refractivity contribution in [3.05, 3.63) is 173 Å². The summed E-state index contributed by atoms with van der Waals surface area (Å²) < 4.78 is 0. The Morgan fingerprint density at radius 3 is 1.82 bits per heavy atom. The first-order valence-electron chi connectivity index (χ1n) is 15.4. The van der Waals surface area contributed by atoms with Crippen LogP contribution in [0.5, 0.6) is 0 Å². The Labute approximate surface area is 264 Å². The van der Waals surface area contributed by atoms with E-state index in [1.54, 1.807) is 0 Å². The van der Waals surface area contributed by atoms with Crippen LogP contribution in [0.15, 0.2) is 146 Å². The molecule has 3 nitrogen and oxygen atoms in total. The molecule has 1 N–H and O–H groups in total. The second-order valence-electron chi connectivity index (χ2n) is 11.6. The van der Waals surface area contributed by atoms with Crippen molar-refractivity contribution in [2.24, 2.45) is 0 Å². The highest BCUT2D eigenvalue weighted by Gasteiger charge is 2.47. The molecule has 0 spiro atoms. The van der Waals surface area contributed by atoms with Crippen LogP contribution < -0.4 is 0 Å². The van der Waals surface area contributed by atoms with Gasteiger partial charge in [-0.25, -0.2) is 4.98 Å². The van der Waals surface area contributed by atoms with Gasteiger partial charge >= 0.3 is 0 Å². The minimum atomic E-state index is -0.746. The molecule has 2 atom stereocenters. The van der Waals surface area contributed by atoms with Crippen LogP contribution in [0.1, 0.15) is 47.6 Å². The highest BCUT2D eigenvalue weighted by atomic mass is 35.5. The third kappa shape index (κ3) is 5.11. The molecule has 0 bridgehead atoms. The quantitative estimate of drug-likeness (QED) is 0.187. The first-order valence-corrected chi connectivity index (χ1v) is 15.8. The number of aliphatic hydroxyl groups excluding tert-OH is 1. The molecule has 1 saturated heterocycles. The Balaban J connectivity index is 1.44. The van der Waals surface area contributed by atoms with Crippen LogP contribution in [-0.2, 0) is 5.54 Å². The van der Waals surface area contributed by atoms with Gasteiger partial charge in [0.25, 0.3) is 0 Å². The molecule has 7 rings (SSSR count). The molecule has 0 radical (unpaired) electrons. The number of halogens is 1. The maximum Gasteiger partial charge on any atom is 0.0976 e. The van der Waals surface area contributed by atoms with Crippen molar-refractivity contribution >= 4 is 22.5 Å². The average Bonchev–Trinajstić information content (AvgIpc) is 3.10. The fourth-order valence-corrected chi connectivity index (χ4v) is 7.29. The summed E-state index contributed by atoms with van der Waals surface area (Å²) in [7, 11) is 0. The lowest BCUT2D eigenvalue weighted by Crippen LogP contribution is -2.56. The van der Waals surface area contributed by atoms with Gasteiger partial charge < -0.3 is 5.11 Å². The van der Waals surface area contributed by atoms with Gasteiger partial charge in [-0.05, 0) is 59.4 Å². The molecular formula is C40H35ClN2O. The molecular weight excluding hydrogens is 560 g/mol. The Kier molecular flexibility index (Phi) is 8.01. The maximum atomic E-state index is 12.6. The summed E-state index contributed by atoms with van der Waals surface area (Å²) in [5.74, 6) is 0. The second-order valence-corrected chi connectivity index (χ2v) is 12.1. The van der Waals surface area contributed by atoms with Gasteiger partial charge in [0.05, 0.1) is 22.9 Å². The van der Waals surface area contributed by atoms with Crippen LogP contribution in [0.25, 0.3) is 22.2 Å². The number of nitrogens with zero attached hydrogens (tertiary/aromatic N) is 2. The minimum absolute atomic E-state index is 0.145. The molecule has 1 unspecified atom stereocenters. The molecule has 1 aromatic heterocycles. The van der Waals surface area contributed by atoms with E-state index in [0.717, 1.165) is 53.5 Å². The van der Waals surface area contributed by atoms with Crippen molar-refractivity contribution in [2.75, 3.05) is 6.54 Å². The smallest absolute Gasteiger partial charge is 0.0976 e. The van der Waals surface area contributed by atoms with E-state index in [1.165, 1.54) is 16.7 Å². The summed E-state index contributed by atoms with van der Waals surface area (Å²) in [4.78, 5) is 7.59. The predicted octanol–water partition coefficient (Wildman–Crippen LogP) is 9.44. The van der Waals surface area contributed by atoms with E-state index in [0.29, 0.717) is 5.02 Å². The van der Waals surface area contributed by atoms with E-state index in [9.17, 15) is 5.11 Å². The number of hydrogen-bond acceptors (Lipinski definition) is 3. The fraction of sp³-hybridized carbons (Fsp3) is 0.175. The highest BCUT2D eigenvalue weighted by molar-refractivity contribution is 6.30. The summed E-state index contributed by atoms with van der Waals surface area (Å²) >= 11 is 6.22. The maximum absolute atomic E-state index is 12.6. The summed E-state index contributed by atoms with van der Waals surface area (Å²) in [5.41, 5.74) is 6.56. The van der Waals surface area contributed by atoms with Crippen molar-refractivity contribution in [1.29, 1.82) is 0 Å². The van der Waals surface area contributed by atoms with Crippen LogP contribution in [0.4, 0.5) is 0 Å². The van der Waals surface area contributed by atoms with E-state index in [4.69, 9.17) is 16.6 Å². The molecule has 6 aromatic rings. The number of aromatic nitrogens is 1. The van der Waals surface area contributed by atoms with Crippen LogP contribution in [-0.4, -0.2) is 27.6 Å². The zero-order valence-corrected chi connectivity index (χ0v) is 25.3. The Bertz CT molecular complexity index is 1750. The lowest BCUT2D eigenvalue weighted by molar-refractivity contribution is -0.0169. The van der Waals surface area contributed by atoms with Crippen molar-refractivity contribution in [3.63, 3.8) is 0 Å². The first kappa shape index (κ1) is 28.5. The van der Waals surface area contributed by atoms with E-state index in [2.05, 4.69) is 108 Å². The highest BCUT2D eigenvalue weighted by Crippen LogP contribution is 2.48. The first-order chi connectivity index (χ1) is 21.7. The fourth-order valence-electron chi connectivity index (χ4n) is 7.16. The van der Waals surface area contributed by atoms with Crippen LogP contribution in [0, 0.1) is 0 Å². The number of benzene rings is 5. The number of para-hydroxylation sites is 1. The van der Waals surface area contributed by atoms with Gasteiger partial charge in [-0.2, -0.15) is 0 Å². The Hall–Kier alpha value is -4.28. The van der Waals surface area contributed by atoms with E-state index >= 15 is 0 Å². The zero-order chi connectivity index (χ0) is 29.9. The SMILES string of the molecule is O[C@@H](c1cc(-c2ccc(Cl)cc2)nc2ccccc12)C1CCCCN1C(c1ccccc1)(c1ccccc1)c1ccccc1. The van der Waals surface area contributed by atoms with E-state index in [-0.39, 0.29) is 6.04 Å². The van der Waals surface area contributed by atoms with Gasteiger partial charge in [0, 0.05) is 28.6 Å². The number of hydrogen-bond donors (Lipinski definition) is 1. The molecule has 0 saturated carbocycles. The van der Waals surface area contributed by atoms with Crippen LogP contribution in [0.2, 0.25) is 5.02 Å². The topological polar surface area (TPSA) is 36.4 Å².